The molecule has 0 spiro atoms. The summed E-state index contributed by atoms with van der Waals surface area (Å²) in [5, 5.41) is 17.6. The van der Waals surface area contributed by atoms with Crippen molar-refractivity contribution >= 4 is 23.7 Å². The van der Waals surface area contributed by atoms with Gasteiger partial charge in [-0.2, -0.15) is 28.4 Å². The maximum absolute atomic E-state index is 13.0. The van der Waals surface area contributed by atoms with Gasteiger partial charge in [0.15, 0.2) is 0 Å². The van der Waals surface area contributed by atoms with E-state index in [0.717, 1.165) is 6.21 Å². The summed E-state index contributed by atoms with van der Waals surface area (Å²) in [6.45, 7) is 4.57. The molecule has 0 aliphatic carbocycles. The van der Waals surface area contributed by atoms with Gasteiger partial charge in [-0.05, 0) is 20.8 Å². The Bertz CT molecular complexity index is 643. The van der Waals surface area contributed by atoms with Crippen LogP contribution in [0.2, 0.25) is 5.02 Å². The molecule has 0 bridgehead atoms. The van der Waals surface area contributed by atoms with Gasteiger partial charge in [-0.25, -0.2) is 0 Å². The molecule has 0 radical (unpaired) electrons. The fourth-order valence-electron chi connectivity index (χ4n) is 2.21. The Morgan fingerprint density at radius 3 is 2.55 bits per heavy atom. The normalized spacial score (nSPS) is 23.2. The Morgan fingerprint density at radius 2 is 2.09 bits per heavy atom. The number of carbonyl (C=O) groups is 1. The first-order valence-corrected chi connectivity index (χ1v) is 6.75. The van der Waals surface area contributed by atoms with Crippen molar-refractivity contribution in [1.82, 2.24) is 14.8 Å². The van der Waals surface area contributed by atoms with Crippen LogP contribution in [0, 0.1) is 13.8 Å². The molecular weight excluding hydrogens is 325 g/mol. The highest BCUT2D eigenvalue weighted by Crippen LogP contribution is 2.39. The zero-order valence-electron chi connectivity index (χ0n) is 12.0. The molecular formula is C12H14ClF3N4O2. The number of carbonyl (C=O) groups excluding carboxylic acids is 1. The third kappa shape index (κ3) is 2.38. The molecule has 1 aliphatic heterocycles. The minimum absolute atomic E-state index is 0.0576. The van der Waals surface area contributed by atoms with Crippen LogP contribution in [0.3, 0.4) is 0 Å². The van der Waals surface area contributed by atoms with E-state index in [-0.39, 0.29) is 5.01 Å². The van der Waals surface area contributed by atoms with Crippen molar-refractivity contribution in [1.29, 1.82) is 0 Å². The van der Waals surface area contributed by atoms with E-state index in [9.17, 15) is 23.1 Å². The molecule has 0 fully saturated rings. The lowest BCUT2D eigenvalue weighted by molar-refractivity contribution is -0.302. The van der Waals surface area contributed by atoms with Gasteiger partial charge in [0.2, 0.25) is 0 Å². The maximum atomic E-state index is 13.0. The first kappa shape index (κ1) is 16.8. The molecule has 2 atom stereocenters. The van der Waals surface area contributed by atoms with Crippen LogP contribution in [-0.4, -0.2) is 43.9 Å². The number of nitrogens with zero attached hydrogens (tertiary/aromatic N) is 4. The molecule has 2 rings (SSSR count). The molecule has 0 unspecified atom stereocenters. The molecule has 1 N–H and O–H groups in total. The van der Waals surface area contributed by atoms with Crippen LogP contribution in [0.4, 0.5) is 13.2 Å². The minimum Gasteiger partial charge on any atom is -0.362 e. The monoisotopic (exact) mass is 338 g/mol. The molecule has 2 heterocycles. The van der Waals surface area contributed by atoms with Gasteiger partial charge >= 0.3 is 6.18 Å². The number of hydrazone groups is 1. The SMILES string of the molecule is Cc1nn([C@@H](C)C(=O)N2N=CC[C@@]2(O)C(F)(F)F)c(C)c1Cl. The second-order valence-corrected chi connectivity index (χ2v) is 5.45. The van der Waals surface area contributed by atoms with Gasteiger partial charge in [0, 0.05) is 12.6 Å². The topological polar surface area (TPSA) is 70.7 Å². The Balaban J connectivity index is 2.35. The van der Waals surface area contributed by atoms with Crippen LogP contribution in [0.5, 0.6) is 0 Å². The summed E-state index contributed by atoms with van der Waals surface area (Å²) in [6, 6.07) is -1.10. The molecule has 0 aromatic carbocycles. The van der Waals surface area contributed by atoms with Crippen molar-refractivity contribution in [3.63, 3.8) is 0 Å². The summed E-state index contributed by atoms with van der Waals surface area (Å²) < 4.78 is 40.2. The smallest absolute Gasteiger partial charge is 0.362 e. The summed E-state index contributed by atoms with van der Waals surface area (Å²) in [5.41, 5.74) is -2.44. The molecule has 6 nitrogen and oxygen atoms in total. The summed E-state index contributed by atoms with van der Waals surface area (Å²) in [7, 11) is 0. The van der Waals surface area contributed by atoms with Crippen molar-refractivity contribution in [2.24, 2.45) is 5.10 Å². The predicted molar refractivity (Wildman–Crippen MR) is 72.4 cm³/mol. The van der Waals surface area contributed by atoms with Crippen molar-refractivity contribution < 1.29 is 23.1 Å². The fourth-order valence-corrected chi connectivity index (χ4v) is 2.33. The maximum Gasteiger partial charge on any atom is 0.438 e. The van der Waals surface area contributed by atoms with Crippen LogP contribution in [0.25, 0.3) is 0 Å². The predicted octanol–water partition coefficient (Wildman–Crippen LogP) is 2.18. The molecule has 22 heavy (non-hydrogen) atoms. The fraction of sp³-hybridized carbons (Fsp3) is 0.583. The van der Waals surface area contributed by atoms with Gasteiger partial charge in [-0.3, -0.25) is 9.48 Å². The van der Waals surface area contributed by atoms with Crippen LogP contribution < -0.4 is 0 Å². The summed E-state index contributed by atoms with van der Waals surface area (Å²) in [4.78, 5) is 12.3. The first-order chi connectivity index (χ1) is 10.0. The van der Waals surface area contributed by atoms with Gasteiger partial charge < -0.3 is 5.11 Å². The number of aliphatic hydroxyl groups is 1. The number of rotatable bonds is 2. The molecule has 10 heteroatoms. The summed E-state index contributed by atoms with van der Waals surface area (Å²) in [6.07, 6.45) is -4.98. The van der Waals surface area contributed by atoms with E-state index in [0.29, 0.717) is 16.4 Å². The van der Waals surface area contributed by atoms with Crippen molar-refractivity contribution in [2.45, 2.75) is 45.1 Å². The molecule has 1 aliphatic rings. The highest BCUT2D eigenvalue weighted by molar-refractivity contribution is 6.31. The number of aryl methyl sites for hydroxylation is 1. The number of halogens is 4. The molecule has 1 aromatic heterocycles. The Labute approximate surface area is 129 Å². The van der Waals surface area contributed by atoms with E-state index < -0.39 is 30.3 Å². The second kappa shape index (κ2) is 5.24. The Kier molecular flexibility index (Phi) is 3.99. The molecule has 0 saturated heterocycles. The molecule has 122 valence electrons. The summed E-state index contributed by atoms with van der Waals surface area (Å²) >= 11 is 5.97. The van der Waals surface area contributed by atoms with E-state index in [4.69, 9.17) is 11.6 Å². The lowest BCUT2D eigenvalue weighted by Gasteiger charge is -2.34. The number of hydrogen-bond acceptors (Lipinski definition) is 4. The van der Waals surface area contributed by atoms with E-state index in [1.54, 1.807) is 13.8 Å². The third-order valence-electron chi connectivity index (χ3n) is 3.55. The zero-order chi connectivity index (χ0) is 16.9. The molecule has 1 amide bonds. The molecule has 0 saturated carbocycles. The Hall–Kier alpha value is -1.61. The molecule has 1 aromatic rings. The van der Waals surface area contributed by atoms with E-state index in [2.05, 4.69) is 10.2 Å². The highest BCUT2D eigenvalue weighted by Gasteiger charge is 2.62. The largest absolute Gasteiger partial charge is 0.438 e. The van der Waals surface area contributed by atoms with Crippen LogP contribution in [-0.2, 0) is 4.79 Å². The first-order valence-electron chi connectivity index (χ1n) is 6.37. The van der Waals surface area contributed by atoms with E-state index in [1.165, 1.54) is 11.6 Å². The number of alkyl halides is 3. The zero-order valence-corrected chi connectivity index (χ0v) is 12.8. The van der Waals surface area contributed by atoms with Crippen molar-refractivity contribution in [3.8, 4) is 0 Å². The van der Waals surface area contributed by atoms with Gasteiger partial charge in [-0.1, -0.05) is 11.6 Å². The summed E-state index contributed by atoms with van der Waals surface area (Å²) in [5.74, 6) is -1.03. The van der Waals surface area contributed by atoms with Gasteiger partial charge in [0.1, 0.15) is 6.04 Å². The van der Waals surface area contributed by atoms with Crippen LogP contribution in [0.1, 0.15) is 30.8 Å². The van der Waals surface area contributed by atoms with Gasteiger partial charge in [0.05, 0.1) is 16.4 Å². The quantitative estimate of drug-likeness (QED) is 0.898. The number of hydrogen-bond donors (Lipinski definition) is 1. The third-order valence-corrected chi connectivity index (χ3v) is 4.09. The lowest BCUT2D eigenvalue weighted by Crippen LogP contribution is -2.57. The second-order valence-electron chi connectivity index (χ2n) is 5.07. The number of aromatic nitrogens is 2. The lowest BCUT2D eigenvalue weighted by atomic mass is 10.1. The van der Waals surface area contributed by atoms with Crippen LogP contribution >= 0.6 is 11.6 Å². The van der Waals surface area contributed by atoms with Crippen molar-refractivity contribution in [3.05, 3.63) is 16.4 Å². The average molecular weight is 339 g/mol. The minimum atomic E-state index is -5.02. The van der Waals surface area contributed by atoms with Gasteiger partial charge in [0.25, 0.3) is 11.6 Å². The van der Waals surface area contributed by atoms with E-state index in [1.807, 2.05) is 0 Å². The van der Waals surface area contributed by atoms with Crippen molar-refractivity contribution in [2.75, 3.05) is 0 Å². The number of amides is 1. The van der Waals surface area contributed by atoms with Gasteiger partial charge in [-0.15, -0.1) is 0 Å². The highest BCUT2D eigenvalue weighted by atomic mass is 35.5. The Morgan fingerprint density at radius 1 is 1.50 bits per heavy atom. The van der Waals surface area contributed by atoms with Crippen LogP contribution in [0.15, 0.2) is 5.10 Å². The van der Waals surface area contributed by atoms with E-state index >= 15 is 0 Å². The standard InChI is InChI=1S/C12H14ClF3N4O2/c1-6-9(13)7(2)19(18-6)8(3)10(21)20-11(22,4-5-17-20)12(14,15)16/h5,8,22H,4H2,1-3H3/t8-,11+/m0/s1. The average Bonchev–Trinajstić information content (AvgIpc) is 2.94.